The number of aryl methyl sites for hydroxylation is 2. The van der Waals surface area contributed by atoms with Crippen molar-refractivity contribution in [3.05, 3.63) is 29.6 Å². The Kier molecular flexibility index (Phi) is 1.84. The van der Waals surface area contributed by atoms with Crippen LogP contribution in [0.15, 0.2) is 18.2 Å². The minimum atomic E-state index is 0.705. The lowest BCUT2D eigenvalue weighted by molar-refractivity contribution is 0.315. The second-order valence-electron chi connectivity index (χ2n) is 4.56. The van der Waals surface area contributed by atoms with E-state index in [0.29, 0.717) is 6.04 Å². The van der Waals surface area contributed by atoms with Crippen LogP contribution in [-0.2, 0) is 0 Å². The SMILES string of the molecule is Cc1cccc2nc(C)n(C3CCC3)c12. The lowest BCUT2D eigenvalue weighted by Gasteiger charge is -2.29. The summed E-state index contributed by atoms with van der Waals surface area (Å²) in [5, 5.41) is 0. The van der Waals surface area contributed by atoms with Gasteiger partial charge in [-0.05, 0) is 44.7 Å². The summed E-state index contributed by atoms with van der Waals surface area (Å²) in [4.78, 5) is 4.64. The number of fused-ring (bicyclic) bond motifs is 1. The molecule has 0 spiro atoms. The molecule has 2 heteroatoms. The van der Waals surface area contributed by atoms with Gasteiger partial charge in [-0.2, -0.15) is 0 Å². The molecular weight excluding hydrogens is 184 g/mol. The van der Waals surface area contributed by atoms with E-state index in [1.807, 2.05) is 0 Å². The summed E-state index contributed by atoms with van der Waals surface area (Å²) in [6.07, 6.45) is 4.01. The van der Waals surface area contributed by atoms with Crippen molar-refractivity contribution in [3.63, 3.8) is 0 Å². The molecule has 0 atom stereocenters. The highest BCUT2D eigenvalue weighted by Gasteiger charge is 2.23. The van der Waals surface area contributed by atoms with E-state index in [4.69, 9.17) is 0 Å². The molecule has 0 unspecified atom stereocenters. The molecule has 78 valence electrons. The number of benzene rings is 1. The monoisotopic (exact) mass is 200 g/mol. The molecular formula is C13H16N2. The molecule has 1 aliphatic carbocycles. The van der Waals surface area contributed by atoms with Crippen LogP contribution >= 0.6 is 0 Å². The molecule has 1 aromatic carbocycles. The maximum absolute atomic E-state index is 4.64. The summed E-state index contributed by atoms with van der Waals surface area (Å²) in [5.41, 5.74) is 3.85. The molecule has 1 aliphatic rings. The largest absolute Gasteiger partial charge is 0.325 e. The van der Waals surface area contributed by atoms with Crippen LogP contribution in [0.4, 0.5) is 0 Å². The lowest BCUT2D eigenvalue weighted by atomic mass is 9.92. The molecule has 3 rings (SSSR count). The first-order chi connectivity index (χ1) is 7.27. The first-order valence-electron chi connectivity index (χ1n) is 5.71. The smallest absolute Gasteiger partial charge is 0.106 e. The van der Waals surface area contributed by atoms with E-state index in [1.165, 1.54) is 36.2 Å². The van der Waals surface area contributed by atoms with E-state index in [9.17, 15) is 0 Å². The van der Waals surface area contributed by atoms with E-state index < -0.39 is 0 Å². The average molecular weight is 200 g/mol. The summed E-state index contributed by atoms with van der Waals surface area (Å²) in [6, 6.07) is 7.09. The summed E-state index contributed by atoms with van der Waals surface area (Å²) >= 11 is 0. The minimum absolute atomic E-state index is 0.705. The van der Waals surface area contributed by atoms with Crippen molar-refractivity contribution in [3.8, 4) is 0 Å². The third kappa shape index (κ3) is 1.21. The predicted molar refractivity (Wildman–Crippen MR) is 62.1 cm³/mol. The normalized spacial score (nSPS) is 16.9. The van der Waals surface area contributed by atoms with Gasteiger partial charge in [0.2, 0.25) is 0 Å². The Labute approximate surface area is 89.9 Å². The first kappa shape index (κ1) is 8.96. The summed E-state index contributed by atoms with van der Waals surface area (Å²) in [5.74, 6) is 1.17. The Bertz CT molecular complexity index is 506. The molecule has 0 aliphatic heterocycles. The van der Waals surface area contributed by atoms with Crippen LogP contribution in [0.1, 0.15) is 36.7 Å². The van der Waals surface area contributed by atoms with Crippen LogP contribution in [0.2, 0.25) is 0 Å². The van der Waals surface area contributed by atoms with Gasteiger partial charge < -0.3 is 4.57 Å². The molecule has 0 radical (unpaired) electrons. The molecule has 1 aromatic heterocycles. The van der Waals surface area contributed by atoms with Crippen molar-refractivity contribution >= 4 is 11.0 Å². The van der Waals surface area contributed by atoms with Crippen molar-refractivity contribution < 1.29 is 0 Å². The number of rotatable bonds is 1. The van der Waals surface area contributed by atoms with E-state index in [2.05, 4.69) is 41.6 Å². The first-order valence-corrected chi connectivity index (χ1v) is 5.71. The van der Waals surface area contributed by atoms with E-state index in [1.54, 1.807) is 0 Å². The zero-order valence-electron chi connectivity index (χ0n) is 9.33. The van der Waals surface area contributed by atoms with Crippen LogP contribution in [0.5, 0.6) is 0 Å². The summed E-state index contributed by atoms with van der Waals surface area (Å²) in [7, 11) is 0. The fourth-order valence-corrected chi connectivity index (χ4v) is 2.53. The number of para-hydroxylation sites is 1. The van der Waals surface area contributed by atoms with Gasteiger partial charge >= 0.3 is 0 Å². The van der Waals surface area contributed by atoms with Gasteiger partial charge in [0.15, 0.2) is 0 Å². The molecule has 0 bridgehead atoms. The fraction of sp³-hybridized carbons (Fsp3) is 0.462. The van der Waals surface area contributed by atoms with Crippen molar-refractivity contribution in [2.45, 2.75) is 39.2 Å². The second-order valence-corrected chi connectivity index (χ2v) is 4.56. The second kappa shape index (κ2) is 3.09. The fourth-order valence-electron chi connectivity index (χ4n) is 2.53. The standard InChI is InChI=1S/C13H16N2/c1-9-5-3-8-12-13(9)15(10(2)14-12)11-6-4-7-11/h3,5,8,11H,4,6-7H2,1-2H3. The van der Waals surface area contributed by atoms with Gasteiger partial charge in [0.1, 0.15) is 5.82 Å². The van der Waals surface area contributed by atoms with Crippen LogP contribution in [-0.4, -0.2) is 9.55 Å². The highest BCUT2D eigenvalue weighted by molar-refractivity contribution is 5.79. The van der Waals surface area contributed by atoms with Crippen LogP contribution in [0, 0.1) is 13.8 Å². The van der Waals surface area contributed by atoms with Gasteiger partial charge in [-0.25, -0.2) is 4.98 Å². The zero-order valence-corrected chi connectivity index (χ0v) is 9.33. The summed E-state index contributed by atoms with van der Waals surface area (Å²) in [6.45, 7) is 4.30. The minimum Gasteiger partial charge on any atom is -0.325 e. The molecule has 1 saturated carbocycles. The maximum Gasteiger partial charge on any atom is 0.106 e. The number of imidazole rings is 1. The van der Waals surface area contributed by atoms with Crippen LogP contribution < -0.4 is 0 Å². The quantitative estimate of drug-likeness (QED) is 0.690. The molecule has 1 fully saturated rings. The lowest BCUT2D eigenvalue weighted by Crippen LogP contribution is -2.18. The summed E-state index contributed by atoms with van der Waals surface area (Å²) < 4.78 is 2.44. The molecule has 2 aromatic rings. The van der Waals surface area contributed by atoms with Crippen molar-refractivity contribution in [1.82, 2.24) is 9.55 Å². The van der Waals surface area contributed by atoms with Gasteiger partial charge in [-0.3, -0.25) is 0 Å². The Balaban J connectivity index is 2.30. The van der Waals surface area contributed by atoms with Gasteiger partial charge in [0, 0.05) is 6.04 Å². The number of hydrogen-bond acceptors (Lipinski definition) is 1. The topological polar surface area (TPSA) is 17.8 Å². The number of hydrogen-bond donors (Lipinski definition) is 0. The molecule has 0 saturated heterocycles. The molecule has 0 N–H and O–H groups in total. The maximum atomic E-state index is 4.64. The Morgan fingerprint density at radius 3 is 2.73 bits per heavy atom. The number of nitrogens with zero attached hydrogens (tertiary/aromatic N) is 2. The predicted octanol–water partition coefficient (Wildman–Crippen LogP) is 3.38. The highest BCUT2D eigenvalue weighted by Crippen LogP contribution is 2.36. The molecule has 1 heterocycles. The average Bonchev–Trinajstić information content (AvgIpc) is 2.42. The number of aromatic nitrogens is 2. The van der Waals surface area contributed by atoms with E-state index in [-0.39, 0.29) is 0 Å². The van der Waals surface area contributed by atoms with E-state index >= 15 is 0 Å². The highest BCUT2D eigenvalue weighted by atomic mass is 15.1. The van der Waals surface area contributed by atoms with Crippen molar-refractivity contribution in [1.29, 1.82) is 0 Å². The van der Waals surface area contributed by atoms with Gasteiger partial charge in [-0.1, -0.05) is 12.1 Å². The van der Waals surface area contributed by atoms with E-state index in [0.717, 1.165) is 5.52 Å². The Morgan fingerprint density at radius 2 is 2.07 bits per heavy atom. The molecule has 15 heavy (non-hydrogen) atoms. The molecule has 2 nitrogen and oxygen atoms in total. The van der Waals surface area contributed by atoms with Gasteiger partial charge in [0.25, 0.3) is 0 Å². The van der Waals surface area contributed by atoms with Crippen molar-refractivity contribution in [2.75, 3.05) is 0 Å². The third-order valence-electron chi connectivity index (χ3n) is 3.53. The van der Waals surface area contributed by atoms with Gasteiger partial charge in [-0.15, -0.1) is 0 Å². The Hall–Kier alpha value is -1.31. The molecule has 0 amide bonds. The van der Waals surface area contributed by atoms with Crippen LogP contribution in [0.25, 0.3) is 11.0 Å². The third-order valence-corrected chi connectivity index (χ3v) is 3.53. The van der Waals surface area contributed by atoms with Crippen molar-refractivity contribution in [2.24, 2.45) is 0 Å². The zero-order chi connectivity index (χ0) is 10.4. The van der Waals surface area contributed by atoms with Gasteiger partial charge in [0.05, 0.1) is 11.0 Å². The Morgan fingerprint density at radius 1 is 1.27 bits per heavy atom. The van der Waals surface area contributed by atoms with Crippen LogP contribution in [0.3, 0.4) is 0 Å².